The molecule has 0 spiro atoms. The second-order valence-corrected chi connectivity index (χ2v) is 5.64. The Kier molecular flexibility index (Phi) is 3.54. The van der Waals surface area contributed by atoms with Gasteiger partial charge in [-0.2, -0.15) is 0 Å². The molecule has 2 aromatic heterocycles. The first kappa shape index (κ1) is 15.1. The van der Waals surface area contributed by atoms with Crippen molar-refractivity contribution in [1.82, 2.24) is 9.97 Å². The highest BCUT2D eigenvalue weighted by atomic mass is 16.5. The molecule has 0 atom stereocenters. The second kappa shape index (κ2) is 5.87. The van der Waals surface area contributed by atoms with E-state index in [0.717, 1.165) is 16.3 Å². The number of ketones is 2. The average molecular weight is 330 g/mol. The number of aromatic nitrogens is 2. The molecule has 122 valence electrons. The molecule has 5 nitrogen and oxygen atoms in total. The van der Waals surface area contributed by atoms with Gasteiger partial charge in [-0.3, -0.25) is 14.6 Å². The molecule has 4 rings (SSSR count). The Hall–Kier alpha value is -3.47. The summed E-state index contributed by atoms with van der Waals surface area (Å²) in [5.74, 6) is -0.493. The van der Waals surface area contributed by atoms with Gasteiger partial charge in [0.2, 0.25) is 5.78 Å². The number of H-pyrrole nitrogens is 1. The van der Waals surface area contributed by atoms with Gasteiger partial charge in [-0.1, -0.05) is 30.3 Å². The van der Waals surface area contributed by atoms with E-state index in [9.17, 15) is 9.59 Å². The van der Waals surface area contributed by atoms with Crippen molar-refractivity contribution in [3.63, 3.8) is 0 Å². The SMILES string of the molecule is COc1ccc2c(c1)[nH]c1c(C(=O)C(=O)c3ccccc3)nccc12. The van der Waals surface area contributed by atoms with Crippen LogP contribution in [0.15, 0.2) is 60.8 Å². The van der Waals surface area contributed by atoms with Crippen LogP contribution in [-0.2, 0) is 0 Å². The van der Waals surface area contributed by atoms with Crippen molar-refractivity contribution in [1.29, 1.82) is 0 Å². The number of nitrogens with zero attached hydrogens (tertiary/aromatic N) is 1. The van der Waals surface area contributed by atoms with E-state index in [1.54, 1.807) is 43.6 Å². The van der Waals surface area contributed by atoms with Crippen LogP contribution < -0.4 is 4.74 Å². The molecule has 0 aliphatic heterocycles. The summed E-state index contributed by atoms with van der Waals surface area (Å²) < 4.78 is 5.24. The molecule has 2 aromatic carbocycles. The lowest BCUT2D eigenvalue weighted by Crippen LogP contribution is -2.16. The molecule has 0 amide bonds. The van der Waals surface area contributed by atoms with E-state index in [1.807, 2.05) is 24.3 Å². The van der Waals surface area contributed by atoms with E-state index in [-0.39, 0.29) is 5.69 Å². The van der Waals surface area contributed by atoms with Crippen molar-refractivity contribution >= 4 is 33.4 Å². The number of Topliss-reactive ketones (excluding diaryl/α,β-unsaturated/α-hetero) is 2. The third kappa shape index (κ3) is 2.46. The minimum absolute atomic E-state index is 0.126. The van der Waals surface area contributed by atoms with Gasteiger partial charge in [-0.25, -0.2) is 0 Å². The first-order chi connectivity index (χ1) is 12.2. The number of rotatable bonds is 4. The molecular weight excluding hydrogens is 316 g/mol. The maximum absolute atomic E-state index is 12.7. The number of ether oxygens (including phenoxy) is 1. The van der Waals surface area contributed by atoms with Crippen LogP contribution in [-0.4, -0.2) is 28.6 Å². The molecule has 0 radical (unpaired) electrons. The second-order valence-electron chi connectivity index (χ2n) is 5.64. The lowest BCUT2D eigenvalue weighted by molar-refractivity contribution is 0.0815. The quantitative estimate of drug-likeness (QED) is 0.456. The standard InChI is InChI=1S/C20H14N2O3/c1-25-13-7-8-14-15-9-10-21-18(17(15)22-16(14)11-13)20(24)19(23)12-5-3-2-4-6-12/h2-11,22H,1H3. The normalized spacial score (nSPS) is 10.9. The summed E-state index contributed by atoms with van der Waals surface area (Å²) >= 11 is 0. The van der Waals surface area contributed by atoms with E-state index in [0.29, 0.717) is 16.8 Å². The minimum atomic E-state index is -0.629. The molecule has 4 aromatic rings. The van der Waals surface area contributed by atoms with Crippen LogP contribution in [0.1, 0.15) is 20.8 Å². The van der Waals surface area contributed by atoms with Crippen LogP contribution in [0.2, 0.25) is 0 Å². The highest BCUT2D eigenvalue weighted by Gasteiger charge is 2.23. The van der Waals surface area contributed by atoms with Crippen LogP contribution in [0.5, 0.6) is 5.75 Å². The third-order valence-electron chi connectivity index (χ3n) is 4.18. The fourth-order valence-electron chi connectivity index (χ4n) is 2.94. The molecule has 5 heteroatoms. The molecule has 0 unspecified atom stereocenters. The van der Waals surface area contributed by atoms with E-state index in [2.05, 4.69) is 9.97 Å². The lowest BCUT2D eigenvalue weighted by Gasteiger charge is -2.01. The molecule has 1 N–H and O–H groups in total. The van der Waals surface area contributed by atoms with Crippen molar-refractivity contribution in [3.8, 4) is 5.75 Å². The monoisotopic (exact) mass is 330 g/mol. The van der Waals surface area contributed by atoms with Crippen LogP contribution in [0.3, 0.4) is 0 Å². The summed E-state index contributed by atoms with van der Waals surface area (Å²) in [5.41, 5.74) is 1.86. The predicted molar refractivity (Wildman–Crippen MR) is 95.3 cm³/mol. The molecule has 25 heavy (non-hydrogen) atoms. The predicted octanol–water partition coefficient (Wildman–Crippen LogP) is 3.79. The number of benzene rings is 2. The first-order valence-corrected chi connectivity index (χ1v) is 7.77. The number of nitrogens with one attached hydrogen (secondary N) is 1. The minimum Gasteiger partial charge on any atom is -0.497 e. The Morgan fingerprint density at radius 2 is 1.76 bits per heavy atom. The largest absolute Gasteiger partial charge is 0.497 e. The van der Waals surface area contributed by atoms with E-state index < -0.39 is 11.6 Å². The number of methoxy groups -OCH3 is 1. The molecule has 0 saturated carbocycles. The van der Waals surface area contributed by atoms with Crippen molar-refractivity contribution in [2.45, 2.75) is 0 Å². The fraction of sp³-hybridized carbons (Fsp3) is 0.0500. The Bertz CT molecular complexity index is 1110. The number of hydrogen-bond donors (Lipinski definition) is 1. The smallest absolute Gasteiger partial charge is 0.253 e. The highest BCUT2D eigenvalue weighted by Crippen LogP contribution is 2.29. The molecular formula is C20H14N2O3. The fourth-order valence-corrected chi connectivity index (χ4v) is 2.94. The van der Waals surface area contributed by atoms with Gasteiger partial charge < -0.3 is 9.72 Å². The van der Waals surface area contributed by atoms with Gasteiger partial charge in [0, 0.05) is 28.6 Å². The van der Waals surface area contributed by atoms with Gasteiger partial charge in [0.25, 0.3) is 5.78 Å². The summed E-state index contributed by atoms with van der Waals surface area (Å²) in [6.45, 7) is 0. The van der Waals surface area contributed by atoms with E-state index in [4.69, 9.17) is 4.74 Å². The zero-order valence-electron chi connectivity index (χ0n) is 13.4. The van der Waals surface area contributed by atoms with E-state index in [1.165, 1.54) is 0 Å². The van der Waals surface area contributed by atoms with Crippen LogP contribution >= 0.6 is 0 Å². The van der Waals surface area contributed by atoms with Crippen LogP contribution in [0, 0.1) is 0 Å². The Morgan fingerprint density at radius 1 is 0.960 bits per heavy atom. The van der Waals surface area contributed by atoms with Crippen molar-refractivity contribution in [2.24, 2.45) is 0 Å². The highest BCUT2D eigenvalue weighted by molar-refractivity contribution is 6.50. The maximum Gasteiger partial charge on any atom is 0.253 e. The molecule has 0 aliphatic carbocycles. The van der Waals surface area contributed by atoms with Gasteiger partial charge in [0.05, 0.1) is 18.1 Å². The summed E-state index contributed by atoms with van der Waals surface area (Å²) in [6.07, 6.45) is 1.55. The maximum atomic E-state index is 12.7. The zero-order valence-corrected chi connectivity index (χ0v) is 13.4. The molecule has 0 aliphatic rings. The van der Waals surface area contributed by atoms with Gasteiger partial charge in [-0.15, -0.1) is 0 Å². The molecule has 0 saturated heterocycles. The Morgan fingerprint density at radius 3 is 2.52 bits per heavy atom. The topological polar surface area (TPSA) is 72.1 Å². The molecule has 0 fully saturated rings. The zero-order chi connectivity index (χ0) is 17.4. The number of carbonyl (C=O) groups excluding carboxylic acids is 2. The van der Waals surface area contributed by atoms with Crippen molar-refractivity contribution in [2.75, 3.05) is 7.11 Å². The van der Waals surface area contributed by atoms with Gasteiger partial charge in [-0.05, 0) is 18.2 Å². The number of fused-ring (bicyclic) bond motifs is 3. The average Bonchev–Trinajstić information content (AvgIpc) is 3.05. The Balaban J connectivity index is 1.87. The summed E-state index contributed by atoms with van der Waals surface area (Å²) in [5, 5.41) is 1.79. The molecule has 0 bridgehead atoms. The van der Waals surface area contributed by atoms with E-state index >= 15 is 0 Å². The Labute approximate surface area is 143 Å². The van der Waals surface area contributed by atoms with Gasteiger partial charge >= 0.3 is 0 Å². The van der Waals surface area contributed by atoms with Crippen molar-refractivity contribution in [3.05, 3.63) is 72.1 Å². The van der Waals surface area contributed by atoms with Crippen LogP contribution in [0.25, 0.3) is 21.8 Å². The lowest BCUT2D eigenvalue weighted by atomic mass is 10.0. The summed E-state index contributed by atoms with van der Waals surface area (Å²) in [7, 11) is 1.60. The summed E-state index contributed by atoms with van der Waals surface area (Å²) in [6, 6.07) is 15.9. The molecule has 2 heterocycles. The third-order valence-corrected chi connectivity index (χ3v) is 4.18. The van der Waals surface area contributed by atoms with Gasteiger partial charge in [0.1, 0.15) is 11.4 Å². The number of aromatic amines is 1. The van der Waals surface area contributed by atoms with Crippen molar-refractivity contribution < 1.29 is 14.3 Å². The van der Waals surface area contributed by atoms with Gasteiger partial charge in [0.15, 0.2) is 0 Å². The first-order valence-electron chi connectivity index (χ1n) is 7.77. The summed E-state index contributed by atoms with van der Waals surface area (Å²) in [4.78, 5) is 32.5. The number of carbonyl (C=O) groups is 2. The number of pyridine rings is 1. The van der Waals surface area contributed by atoms with Crippen LogP contribution in [0.4, 0.5) is 0 Å². The number of hydrogen-bond acceptors (Lipinski definition) is 4.